The minimum atomic E-state index is 0.00597. The zero-order valence-corrected chi connectivity index (χ0v) is 16.3. The maximum absolute atomic E-state index is 11.8. The van der Waals surface area contributed by atoms with Gasteiger partial charge in [0.05, 0.1) is 19.8 Å². The molecule has 2 fully saturated rings. The molecular formula is C18H35N5O2. The number of rotatable bonds is 6. The molecule has 0 bridgehead atoms. The van der Waals surface area contributed by atoms with Crippen molar-refractivity contribution in [2.24, 2.45) is 4.99 Å². The molecule has 1 atom stereocenters. The Labute approximate surface area is 152 Å². The van der Waals surface area contributed by atoms with Gasteiger partial charge < -0.3 is 20.3 Å². The number of nitrogens with one attached hydrogen (secondary N) is 2. The van der Waals surface area contributed by atoms with Gasteiger partial charge in [0.2, 0.25) is 5.91 Å². The molecule has 0 radical (unpaired) electrons. The van der Waals surface area contributed by atoms with Crippen LogP contribution in [0.1, 0.15) is 40.5 Å². The Bertz CT molecular complexity index is 460. The summed E-state index contributed by atoms with van der Waals surface area (Å²) in [6.07, 6.45) is 1.55. The second kappa shape index (κ2) is 9.38. The van der Waals surface area contributed by atoms with Crippen LogP contribution in [0.25, 0.3) is 0 Å². The van der Waals surface area contributed by atoms with Crippen LogP contribution in [0.2, 0.25) is 0 Å². The van der Waals surface area contributed by atoms with Gasteiger partial charge in [-0.1, -0.05) is 6.92 Å². The van der Waals surface area contributed by atoms with E-state index in [0.29, 0.717) is 6.42 Å². The third-order valence-electron chi connectivity index (χ3n) is 5.02. The SMILES string of the molecule is CCNC(=NCC(C)(C)N1CCOCC1)NC1CCN(C(=O)CC)C1. The number of nitrogens with zero attached hydrogens (tertiary/aromatic N) is 3. The van der Waals surface area contributed by atoms with Crippen LogP contribution in [0, 0.1) is 0 Å². The van der Waals surface area contributed by atoms with Crippen LogP contribution >= 0.6 is 0 Å². The maximum atomic E-state index is 11.8. The minimum Gasteiger partial charge on any atom is -0.379 e. The van der Waals surface area contributed by atoms with Crippen LogP contribution in [-0.2, 0) is 9.53 Å². The first kappa shape index (κ1) is 20.0. The number of hydrogen-bond donors (Lipinski definition) is 2. The summed E-state index contributed by atoms with van der Waals surface area (Å²) < 4.78 is 5.45. The first-order chi connectivity index (χ1) is 12.0. The number of morpholine rings is 1. The van der Waals surface area contributed by atoms with Gasteiger partial charge in [0.15, 0.2) is 5.96 Å². The molecule has 2 N–H and O–H groups in total. The number of carbonyl (C=O) groups is 1. The van der Waals surface area contributed by atoms with E-state index in [2.05, 4.69) is 36.3 Å². The van der Waals surface area contributed by atoms with E-state index in [4.69, 9.17) is 9.73 Å². The highest BCUT2D eigenvalue weighted by atomic mass is 16.5. The summed E-state index contributed by atoms with van der Waals surface area (Å²) in [5, 5.41) is 6.84. The molecule has 2 saturated heterocycles. The second-order valence-corrected chi connectivity index (χ2v) is 7.43. The molecule has 25 heavy (non-hydrogen) atoms. The number of carbonyl (C=O) groups excluding carboxylic acids is 1. The summed E-state index contributed by atoms with van der Waals surface area (Å²) in [6.45, 7) is 15.2. The molecule has 0 aromatic rings. The molecule has 0 saturated carbocycles. The minimum absolute atomic E-state index is 0.00597. The van der Waals surface area contributed by atoms with Crippen LogP contribution in [0.15, 0.2) is 4.99 Å². The summed E-state index contributed by atoms with van der Waals surface area (Å²) >= 11 is 0. The number of aliphatic imine (C=N–C) groups is 1. The fourth-order valence-electron chi connectivity index (χ4n) is 3.38. The Balaban J connectivity index is 1.90. The summed E-state index contributed by atoms with van der Waals surface area (Å²) in [5.41, 5.74) is 0.00597. The molecule has 0 spiro atoms. The Morgan fingerprint density at radius 3 is 2.60 bits per heavy atom. The van der Waals surface area contributed by atoms with Crippen LogP contribution in [0.4, 0.5) is 0 Å². The van der Waals surface area contributed by atoms with Crippen LogP contribution in [0.5, 0.6) is 0 Å². The predicted molar refractivity (Wildman–Crippen MR) is 101 cm³/mol. The monoisotopic (exact) mass is 353 g/mol. The third-order valence-corrected chi connectivity index (χ3v) is 5.02. The van der Waals surface area contributed by atoms with E-state index in [1.807, 2.05) is 11.8 Å². The summed E-state index contributed by atoms with van der Waals surface area (Å²) in [6, 6.07) is 0.278. The van der Waals surface area contributed by atoms with Crippen LogP contribution in [0.3, 0.4) is 0 Å². The lowest BCUT2D eigenvalue weighted by Gasteiger charge is -2.40. The van der Waals surface area contributed by atoms with Crippen molar-refractivity contribution in [1.29, 1.82) is 0 Å². The normalized spacial score (nSPS) is 23.0. The van der Waals surface area contributed by atoms with Crippen LogP contribution in [-0.4, -0.2) is 85.7 Å². The molecule has 0 aromatic carbocycles. The molecule has 1 amide bonds. The fraction of sp³-hybridized carbons (Fsp3) is 0.889. The molecule has 2 aliphatic heterocycles. The van der Waals surface area contributed by atoms with Gasteiger partial charge in [0.25, 0.3) is 0 Å². The second-order valence-electron chi connectivity index (χ2n) is 7.43. The largest absolute Gasteiger partial charge is 0.379 e. The molecule has 0 aromatic heterocycles. The Kier molecular flexibility index (Phi) is 7.50. The average molecular weight is 354 g/mol. The van der Waals surface area contributed by atoms with Gasteiger partial charge in [-0.2, -0.15) is 0 Å². The first-order valence-electron chi connectivity index (χ1n) is 9.61. The van der Waals surface area contributed by atoms with E-state index < -0.39 is 0 Å². The smallest absolute Gasteiger partial charge is 0.222 e. The van der Waals surface area contributed by atoms with Gasteiger partial charge in [0.1, 0.15) is 0 Å². The van der Waals surface area contributed by atoms with Gasteiger partial charge in [-0.3, -0.25) is 14.7 Å². The van der Waals surface area contributed by atoms with E-state index >= 15 is 0 Å². The lowest BCUT2D eigenvalue weighted by Crippen LogP contribution is -2.52. The predicted octanol–water partition coefficient (Wildman–Crippen LogP) is 0.663. The van der Waals surface area contributed by atoms with Crippen molar-refractivity contribution in [2.75, 3.05) is 52.5 Å². The molecular weight excluding hydrogens is 318 g/mol. The number of amides is 1. The summed E-state index contributed by atoms with van der Waals surface area (Å²) in [5.74, 6) is 1.08. The molecule has 1 unspecified atom stereocenters. The van der Waals surface area contributed by atoms with E-state index in [-0.39, 0.29) is 17.5 Å². The number of guanidine groups is 1. The Morgan fingerprint density at radius 2 is 1.96 bits per heavy atom. The van der Waals surface area contributed by atoms with Crippen molar-refractivity contribution >= 4 is 11.9 Å². The Morgan fingerprint density at radius 1 is 1.24 bits per heavy atom. The first-order valence-corrected chi connectivity index (χ1v) is 9.61. The van der Waals surface area contributed by atoms with Crippen LogP contribution < -0.4 is 10.6 Å². The highest BCUT2D eigenvalue weighted by Gasteiger charge is 2.29. The van der Waals surface area contributed by atoms with Crippen molar-refractivity contribution in [2.45, 2.75) is 52.1 Å². The lowest BCUT2D eigenvalue weighted by molar-refractivity contribution is -0.129. The zero-order valence-electron chi connectivity index (χ0n) is 16.3. The molecule has 2 aliphatic rings. The molecule has 7 nitrogen and oxygen atoms in total. The summed E-state index contributed by atoms with van der Waals surface area (Å²) in [4.78, 5) is 21.1. The Hall–Kier alpha value is -1.34. The molecule has 144 valence electrons. The topological polar surface area (TPSA) is 69.2 Å². The lowest BCUT2D eigenvalue weighted by atomic mass is 10.0. The zero-order chi connectivity index (χ0) is 18.3. The van der Waals surface area contributed by atoms with E-state index in [1.54, 1.807) is 0 Å². The molecule has 7 heteroatoms. The van der Waals surface area contributed by atoms with Crippen molar-refractivity contribution in [3.05, 3.63) is 0 Å². The van der Waals surface area contributed by atoms with Gasteiger partial charge in [-0.15, -0.1) is 0 Å². The van der Waals surface area contributed by atoms with Crippen molar-refractivity contribution in [3.8, 4) is 0 Å². The van der Waals surface area contributed by atoms with Crippen molar-refractivity contribution in [1.82, 2.24) is 20.4 Å². The van der Waals surface area contributed by atoms with Crippen molar-refractivity contribution < 1.29 is 9.53 Å². The standard InChI is InChI=1S/C18H35N5O2/c1-5-16(24)22-8-7-15(13-22)21-17(19-6-2)20-14-18(3,4)23-9-11-25-12-10-23/h15H,5-14H2,1-4H3,(H2,19,20,21). The summed E-state index contributed by atoms with van der Waals surface area (Å²) in [7, 11) is 0. The maximum Gasteiger partial charge on any atom is 0.222 e. The van der Waals surface area contributed by atoms with Gasteiger partial charge in [0, 0.05) is 50.7 Å². The van der Waals surface area contributed by atoms with Gasteiger partial charge in [-0.25, -0.2) is 0 Å². The third kappa shape index (κ3) is 5.85. The van der Waals surface area contributed by atoms with E-state index in [9.17, 15) is 4.79 Å². The average Bonchev–Trinajstić information content (AvgIpc) is 3.08. The number of ether oxygens (including phenoxy) is 1. The number of hydrogen-bond acceptors (Lipinski definition) is 4. The highest BCUT2D eigenvalue weighted by molar-refractivity contribution is 5.80. The molecule has 0 aliphatic carbocycles. The van der Waals surface area contributed by atoms with Gasteiger partial charge in [-0.05, 0) is 27.2 Å². The quantitative estimate of drug-likeness (QED) is 0.542. The molecule has 2 rings (SSSR count). The fourth-order valence-corrected chi connectivity index (χ4v) is 3.38. The van der Waals surface area contributed by atoms with Gasteiger partial charge >= 0.3 is 0 Å². The molecule has 2 heterocycles. The van der Waals surface area contributed by atoms with E-state index in [1.165, 1.54) is 0 Å². The number of likely N-dealkylation sites (tertiary alicyclic amines) is 1. The van der Waals surface area contributed by atoms with E-state index in [0.717, 1.165) is 64.9 Å². The highest BCUT2D eigenvalue weighted by Crippen LogP contribution is 2.16. The van der Waals surface area contributed by atoms with Crippen molar-refractivity contribution in [3.63, 3.8) is 0 Å².